The van der Waals surface area contributed by atoms with Crippen LogP contribution in [0.2, 0.25) is 5.02 Å². The highest BCUT2D eigenvalue weighted by molar-refractivity contribution is 6.31. The number of nitrogens with one attached hydrogen (secondary N) is 2. The van der Waals surface area contributed by atoms with Crippen molar-refractivity contribution < 1.29 is 9.90 Å². The predicted octanol–water partition coefficient (Wildman–Crippen LogP) is 1.41. The molecule has 0 aromatic heterocycles. The van der Waals surface area contributed by atoms with Gasteiger partial charge in [0, 0.05) is 44.3 Å². The number of hydrogen-bond acceptors (Lipinski definition) is 3. The lowest BCUT2D eigenvalue weighted by Gasteiger charge is -2.12. The second-order valence-electron chi connectivity index (χ2n) is 4.04. The number of rotatable bonds is 5. The lowest BCUT2D eigenvalue weighted by Crippen LogP contribution is -2.38. The molecule has 0 saturated carbocycles. The number of carbonyl (C=O) groups excluding carboxylic acids is 1. The van der Waals surface area contributed by atoms with Crippen molar-refractivity contribution in [2.45, 2.75) is 6.54 Å². The maximum absolute atomic E-state index is 11.2. The minimum Gasteiger partial charge on any atom is -0.508 e. The van der Waals surface area contributed by atoms with E-state index in [-0.39, 0.29) is 11.8 Å². The molecule has 2 amide bonds. The van der Waals surface area contributed by atoms with Gasteiger partial charge in [-0.3, -0.25) is 0 Å². The average Bonchev–Trinajstić information content (AvgIpc) is 2.31. The third-order valence-electron chi connectivity index (χ3n) is 2.38. The van der Waals surface area contributed by atoms with E-state index >= 15 is 0 Å². The van der Waals surface area contributed by atoms with E-state index in [0.717, 1.165) is 0 Å². The summed E-state index contributed by atoms with van der Waals surface area (Å²) in [5, 5.41) is 16.0. The minimum absolute atomic E-state index is 0.127. The Bertz CT molecular complexity index is 390. The lowest BCUT2D eigenvalue weighted by molar-refractivity contribution is 0.217. The Morgan fingerprint density at radius 3 is 2.72 bits per heavy atom. The Morgan fingerprint density at radius 2 is 2.11 bits per heavy atom. The molecule has 100 valence electrons. The number of phenolic OH excluding ortho intramolecular Hbond substituents is 1. The summed E-state index contributed by atoms with van der Waals surface area (Å²) >= 11 is 5.96. The Balaban J connectivity index is 2.28. The van der Waals surface area contributed by atoms with E-state index in [4.69, 9.17) is 11.6 Å². The topological polar surface area (TPSA) is 64.6 Å². The van der Waals surface area contributed by atoms with Gasteiger partial charge in [-0.25, -0.2) is 4.79 Å². The molecule has 0 spiro atoms. The minimum atomic E-state index is -0.127. The van der Waals surface area contributed by atoms with Gasteiger partial charge in [-0.05, 0) is 12.1 Å². The largest absolute Gasteiger partial charge is 0.508 e. The van der Waals surface area contributed by atoms with Crippen LogP contribution in [0.1, 0.15) is 5.56 Å². The summed E-state index contributed by atoms with van der Waals surface area (Å²) in [6.07, 6.45) is 0. The summed E-state index contributed by atoms with van der Waals surface area (Å²) in [5.41, 5.74) is 0.665. The molecule has 0 saturated heterocycles. The maximum Gasteiger partial charge on any atom is 0.316 e. The van der Waals surface area contributed by atoms with Crippen molar-refractivity contribution >= 4 is 17.6 Å². The van der Waals surface area contributed by atoms with Crippen LogP contribution < -0.4 is 10.6 Å². The van der Waals surface area contributed by atoms with Gasteiger partial charge in [0.05, 0.1) is 0 Å². The van der Waals surface area contributed by atoms with E-state index in [9.17, 15) is 9.90 Å². The first-order valence-corrected chi connectivity index (χ1v) is 6.02. The molecule has 0 unspecified atom stereocenters. The van der Waals surface area contributed by atoms with Gasteiger partial charge < -0.3 is 20.6 Å². The van der Waals surface area contributed by atoms with Crippen LogP contribution in [0.15, 0.2) is 18.2 Å². The van der Waals surface area contributed by atoms with Gasteiger partial charge in [0.15, 0.2) is 0 Å². The molecule has 1 aromatic carbocycles. The Labute approximate surface area is 112 Å². The van der Waals surface area contributed by atoms with E-state index in [0.29, 0.717) is 30.2 Å². The predicted molar refractivity (Wildman–Crippen MR) is 71.9 cm³/mol. The zero-order valence-corrected chi connectivity index (χ0v) is 11.3. The third-order valence-corrected chi connectivity index (χ3v) is 2.73. The number of carbonyl (C=O) groups is 1. The first-order valence-electron chi connectivity index (χ1n) is 5.64. The van der Waals surface area contributed by atoms with Gasteiger partial charge in [-0.2, -0.15) is 0 Å². The third kappa shape index (κ3) is 4.43. The summed E-state index contributed by atoms with van der Waals surface area (Å²) in [5.74, 6) is 0.173. The molecule has 0 heterocycles. The van der Waals surface area contributed by atoms with Crippen molar-refractivity contribution in [3.63, 3.8) is 0 Å². The quantitative estimate of drug-likeness (QED) is 0.710. The van der Waals surface area contributed by atoms with E-state index in [2.05, 4.69) is 10.6 Å². The highest BCUT2D eigenvalue weighted by Crippen LogP contribution is 2.24. The standard InChI is InChI=1S/C12H18ClN3O2/c1-16(2)12(18)15-7-6-14-8-9-10(13)4-3-5-11(9)17/h3-5,14,17H,6-8H2,1-2H3,(H,15,18). The maximum atomic E-state index is 11.2. The number of benzene rings is 1. The smallest absolute Gasteiger partial charge is 0.316 e. The number of phenols is 1. The molecule has 0 aliphatic rings. The second-order valence-corrected chi connectivity index (χ2v) is 4.45. The lowest BCUT2D eigenvalue weighted by atomic mass is 10.2. The molecular formula is C12H18ClN3O2. The molecule has 18 heavy (non-hydrogen) atoms. The van der Waals surface area contributed by atoms with Gasteiger partial charge in [0.1, 0.15) is 5.75 Å². The van der Waals surface area contributed by atoms with Gasteiger partial charge in [0.2, 0.25) is 0 Å². The molecule has 0 aliphatic carbocycles. The molecule has 3 N–H and O–H groups in total. The van der Waals surface area contributed by atoms with E-state index in [1.807, 2.05) is 0 Å². The van der Waals surface area contributed by atoms with Crippen LogP contribution in [-0.4, -0.2) is 43.2 Å². The van der Waals surface area contributed by atoms with Crippen LogP contribution in [0.3, 0.4) is 0 Å². The van der Waals surface area contributed by atoms with Crippen LogP contribution in [0, 0.1) is 0 Å². The highest BCUT2D eigenvalue weighted by Gasteiger charge is 2.05. The van der Waals surface area contributed by atoms with Crippen LogP contribution in [-0.2, 0) is 6.54 Å². The van der Waals surface area contributed by atoms with Crippen molar-refractivity contribution in [1.82, 2.24) is 15.5 Å². The van der Waals surface area contributed by atoms with Crippen LogP contribution >= 0.6 is 11.6 Å². The highest BCUT2D eigenvalue weighted by atomic mass is 35.5. The SMILES string of the molecule is CN(C)C(=O)NCCNCc1c(O)cccc1Cl. The van der Waals surface area contributed by atoms with Crippen molar-refractivity contribution in [3.8, 4) is 5.75 Å². The number of urea groups is 1. The molecule has 5 nitrogen and oxygen atoms in total. The molecule has 6 heteroatoms. The first kappa shape index (κ1) is 14.6. The molecule has 0 bridgehead atoms. The normalized spacial score (nSPS) is 10.2. The van der Waals surface area contributed by atoms with Crippen molar-refractivity contribution in [3.05, 3.63) is 28.8 Å². The van der Waals surface area contributed by atoms with Gasteiger partial charge in [-0.1, -0.05) is 17.7 Å². The fourth-order valence-electron chi connectivity index (χ4n) is 1.35. The summed E-state index contributed by atoms with van der Waals surface area (Å²) in [7, 11) is 3.37. The number of nitrogens with zero attached hydrogens (tertiary/aromatic N) is 1. The summed E-state index contributed by atoms with van der Waals surface area (Å²) in [4.78, 5) is 12.7. The Kier molecular flexibility index (Phi) is 5.74. The zero-order chi connectivity index (χ0) is 13.5. The van der Waals surface area contributed by atoms with Crippen LogP contribution in [0.5, 0.6) is 5.75 Å². The van der Waals surface area contributed by atoms with Gasteiger partial charge in [-0.15, -0.1) is 0 Å². The van der Waals surface area contributed by atoms with Crippen molar-refractivity contribution in [1.29, 1.82) is 0 Å². The fourth-order valence-corrected chi connectivity index (χ4v) is 1.59. The number of hydrogen-bond donors (Lipinski definition) is 3. The second kappa shape index (κ2) is 7.08. The molecule has 0 radical (unpaired) electrons. The molecule has 0 fully saturated rings. The van der Waals surface area contributed by atoms with Crippen LogP contribution in [0.4, 0.5) is 4.79 Å². The van der Waals surface area contributed by atoms with Gasteiger partial charge in [0.25, 0.3) is 0 Å². The van der Waals surface area contributed by atoms with E-state index < -0.39 is 0 Å². The average molecular weight is 272 g/mol. The van der Waals surface area contributed by atoms with Crippen molar-refractivity contribution in [2.75, 3.05) is 27.2 Å². The van der Waals surface area contributed by atoms with Gasteiger partial charge >= 0.3 is 6.03 Å². The number of halogens is 1. The zero-order valence-electron chi connectivity index (χ0n) is 10.5. The Morgan fingerprint density at radius 1 is 1.39 bits per heavy atom. The molecule has 0 atom stereocenters. The fraction of sp³-hybridized carbons (Fsp3) is 0.417. The number of aromatic hydroxyl groups is 1. The summed E-state index contributed by atoms with van der Waals surface area (Å²) < 4.78 is 0. The summed E-state index contributed by atoms with van der Waals surface area (Å²) in [6.45, 7) is 1.58. The molecule has 1 aromatic rings. The molecular weight excluding hydrogens is 254 g/mol. The molecule has 1 rings (SSSR count). The van der Waals surface area contributed by atoms with E-state index in [1.54, 1.807) is 32.3 Å². The van der Waals surface area contributed by atoms with E-state index in [1.165, 1.54) is 4.90 Å². The van der Waals surface area contributed by atoms with Crippen molar-refractivity contribution in [2.24, 2.45) is 0 Å². The number of amides is 2. The summed E-state index contributed by atoms with van der Waals surface area (Å²) in [6, 6.07) is 4.89. The monoisotopic (exact) mass is 271 g/mol. The molecule has 0 aliphatic heterocycles. The Hall–Kier alpha value is -1.46. The van der Waals surface area contributed by atoms with Crippen LogP contribution in [0.25, 0.3) is 0 Å². The first-order chi connectivity index (χ1) is 8.52.